The highest BCUT2D eigenvalue weighted by Crippen LogP contribution is 2.27. The van der Waals surface area contributed by atoms with E-state index >= 15 is 0 Å². The third-order valence-corrected chi connectivity index (χ3v) is 6.55. The predicted molar refractivity (Wildman–Crippen MR) is 94.9 cm³/mol. The molecule has 134 valence electrons. The third-order valence-electron chi connectivity index (χ3n) is 4.58. The minimum atomic E-state index is -3.59. The number of piperidine rings is 1. The smallest absolute Gasteiger partial charge is 0.248 e. The molecule has 0 bridgehead atoms. The van der Waals surface area contributed by atoms with Crippen molar-refractivity contribution in [3.63, 3.8) is 0 Å². The quantitative estimate of drug-likeness (QED) is 0.839. The van der Waals surface area contributed by atoms with Crippen LogP contribution in [-0.2, 0) is 10.0 Å². The zero-order valence-corrected chi connectivity index (χ0v) is 15.4. The van der Waals surface area contributed by atoms with Gasteiger partial charge in [0.2, 0.25) is 15.9 Å². The maximum absolute atomic E-state index is 13.0. The third kappa shape index (κ3) is 3.67. The number of nitrogens with zero attached hydrogens (tertiary/aromatic N) is 3. The zero-order chi connectivity index (χ0) is 18.0. The summed E-state index contributed by atoms with van der Waals surface area (Å²) in [5.74, 6) is -0.161. The molecule has 2 heterocycles. The van der Waals surface area contributed by atoms with Crippen molar-refractivity contribution in [1.29, 1.82) is 0 Å². The second-order valence-electron chi connectivity index (χ2n) is 6.52. The van der Waals surface area contributed by atoms with E-state index in [2.05, 4.69) is 5.10 Å². The molecule has 0 N–H and O–H groups in total. The van der Waals surface area contributed by atoms with Crippen LogP contribution in [0.1, 0.15) is 41.9 Å². The van der Waals surface area contributed by atoms with Crippen LogP contribution in [0.2, 0.25) is 0 Å². The van der Waals surface area contributed by atoms with Gasteiger partial charge in [0, 0.05) is 24.7 Å². The van der Waals surface area contributed by atoms with Crippen LogP contribution in [0.15, 0.2) is 41.3 Å². The zero-order valence-electron chi connectivity index (χ0n) is 14.6. The van der Waals surface area contributed by atoms with Gasteiger partial charge >= 0.3 is 0 Å². The first-order valence-corrected chi connectivity index (χ1v) is 9.97. The second-order valence-corrected chi connectivity index (χ2v) is 8.41. The van der Waals surface area contributed by atoms with Gasteiger partial charge in [0.1, 0.15) is 0 Å². The van der Waals surface area contributed by atoms with E-state index < -0.39 is 10.0 Å². The maximum Gasteiger partial charge on any atom is 0.248 e. The van der Waals surface area contributed by atoms with Crippen molar-refractivity contribution in [1.82, 2.24) is 14.1 Å². The molecule has 6 nitrogen and oxygen atoms in total. The van der Waals surface area contributed by atoms with Gasteiger partial charge in [0.25, 0.3) is 0 Å². The highest BCUT2D eigenvalue weighted by atomic mass is 32.2. The molecule has 0 aliphatic carbocycles. The molecule has 1 aliphatic rings. The summed E-state index contributed by atoms with van der Waals surface area (Å²) in [5, 5.41) is 4.22. The molecular weight excluding hydrogens is 338 g/mol. The van der Waals surface area contributed by atoms with Gasteiger partial charge in [-0.3, -0.25) is 4.79 Å². The van der Waals surface area contributed by atoms with Crippen LogP contribution >= 0.6 is 0 Å². The molecule has 1 aliphatic heterocycles. The molecule has 2 aromatic rings. The Morgan fingerprint density at radius 3 is 2.56 bits per heavy atom. The number of hydrogen-bond donors (Lipinski definition) is 0. The largest absolute Gasteiger partial charge is 0.273 e. The van der Waals surface area contributed by atoms with Crippen molar-refractivity contribution < 1.29 is 13.2 Å². The molecular formula is C18H23N3O3S. The topological polar surface area (TPSA) is 72.3 Å². The Balaban J connectivity index is 1.84. The van der Waals surface area contributed by atoms with E-state index in [4.69, 9.17) is 0 Å². The van der Waals surface area contributed by atoms with Crippen LogP contribution in [0.5, 0.6) is 0 Å². The van der Waals surface area contributed by atoms with Gasteiger partial charge in [-0.05, 0) is 44.9 Å². The average Bonchev–Trinajstić information content (AvgIpc) is 2.94. The van der Waals surface area contributed by atoms with Crippen molar-refractivity contribution in [2.45, 2.75) is 50.5 Å². The lowest BCUT2D eigenvalue weighted by atomic mass is 10.0. The molecule has 0 radical (unpaired) electrons. The maximum atomic E-state index is 13.0. The Labute approximate surface area is 148 Å². The van der Waals surface area contributed by atoms with E-state index in [-0.39, 0.29) is 23.3 Å². The first-order valence-electron chi connectivity index (χ1n) is 8.53. The molecule has 0 unspecified atom stereocenters. The summed E-state index contributed by atoms with van der Waals surface area (Å²) in [6.07, 6.45) is 2.58. The molecule has 1 aromatic heterocycles. The van der Waals surface area contributed by atoms with E-state index in [1.54, 1.807) is 30.3 Å². The molecule has 0 spiro atoms. The van der Waals surface area contributed by atoms with Crippen LogP contribution in [0.4, 0.5) is 0 Å². The van der Waals surface area contributed by atoms with Gasteiger partial charge in [-0.15, -0.1) is 0 Å². The van der Waals surface area contributed by atoms with Crippen molar-refractivity contribution in [3.05, 3.63) is 47.8 Å². The number of rotatable bonds is 4. The lowest BCUT2D eigenvalue weighted by molar-refractivity contribution is 0.0839. The fourth-order valence-corrected chi connectivity index (χ4v) is 5.11. The van der Waals surface area contributed by atoms with Crippen LogP contribution in [-0.4, -0.2) is 41.0 Å². The average molecular weight is 361 g/mol. The van der Waals surface area contributed by atoms with Gasteiger partial charge in [0.05, 0.1) is 10.6 Å². The van der Waals surface area contributed by atoms with Gasteiger partial charge in [-0.1, -0.05) is 24.6 Å². The highest BCUT2D eigenvalue weighted by molar-refractivity contribution is 7.89. The Kier molecular flexibility index (Phi) is 5.06. The van der Waals surface area contributed by atoms with Crippen LogP contribution < -0.4 is 0 Å². The van der Waals surface area contributed by atoms with Gasteiger partial charge < -0.3 is 0 Å². The summed E-state index contributed by atoms with van der Waals surface area (Å²) in [4.78, 5) is 12.9. The van der Waals surface area contributed by atoms with Gasteiger partial charge in [0.15, 0.2) is 0 Å². The summed E-state index contributed by atoms with van der Waals surface area (Å²) >= 11 is 0. The Bertz CT molecular complexity index is 859. The fourth-order valence-electron chi connectivity index (χ4n) is 3.39. The first kappa shape index (κ1) is 17.8. The van der Waals surface area contributed by atoms with Crippen molar-refractivity contribution in [3.8, 4) is 0 Å². The second kappa shape index (κ2) is 7.09. The normalized spacial score (nSPS) is 19.0. The van der Waals surface area contributed by atoms with Crippen LogP contribution in [0.3, 0.4) is 0 Å². The Morgan fingerprint density at radius 2 is 1.92 bits per heavy atom. The minimum absolute atomic E-state index is 0.147. The van der Waals surface area contributed by atoms with Crippen LogP contribution in [0, 0.1) is 13.8 Å². The van der Waals surface area contributed by atoms with Gasteiger partial charge in [-0.2, -0.15) is 9.40 Å². The first-order chi connectivity index (χ1) is 11.9. The van der Waals surface area contributed by atoms with E-state index in [9.17, 15) is 13.2 Å². The monoisotopic (exact) mass is 361 g/mol. The summed E-state index contributed by atoms with van der Waals surface area (Å²) in [7, 11) is -3.59. The molecule has 0 saturated carbocycles. The predicted octanol–water partition coefficient (Wildman–Crippen LogP) is 2.77. The number of carbonyl (C=O) groups is 1. The standard InChI is InChI=1S/C18H23N3O3S/c1-14-12-15(2)21(19-14)18(22)13-16-8-6-7-11-20(16)25(23,24)17-9-4-3-5-10-17/h3-5,9-10,12,16H,6-8,11,13H2,1-2H3/t16-/m0/s1. The minimum Gasteiger partial charge on any atom is -0.273 e. The lowest BCUT2D eigenvalue weighted by Crippen LogP contribution is -2.45. The molecule has 1 aromatic carbocycles. The molecule has 3 rings (SSSR count). The fraction of sp³-hybridized carbons (Fsp3) is 0.444. The van der Waals surface area contributed by atoms with E-state index in [1.807, 2.05) is 19.9 Å². The number of sulfonamides is 1. The van der Waals surface area contributed by atoms with E-state index in [1.165, 1.54) is 8.99 Å². The number of aromatic nitrogens is 2. The Morgan fingerprint density at radius 1 is 1.20 bits per heavy atom. The Hall–Kier alpha value is -1.99. The van der Waals surface area contributed by atoms with E-state index in [0.29, 0.717) is 13.0 Å². The molecule has 7 heteroatoms. The van der Waals surface area contributed by atoms with Gasteiger partial charge in [-0.25, -0.2) is 13.1 Å². The lowest BCUT2D eigenvalue weighted by Gasteiger charge is -2.34. The number of benzene rings is 1. The van der Waals surface area contributed by atoms with Crippen molar-refractivity contribution >= 4 is 15.9 Å². The molecule has 0 amide bonds. The summed E-state index contributed by atoms with van der Waals surface area (Å²) < 4.78 is 28.8. The molecule has 1 saturated heterocycles. The molecule has 1 atom stereocenters. The SMILES string of the molecule is Cc1cc(C)n(C(=O)C[C@@H]2CCCCN2S(=O)(=O)c2ccccc2)n1. The summed E-state index contributed by atoms with van der Waals surface area (Å²) in [6, 6.07) is 9.94. The molecule has 1 fully saturated rings. The van der Waals surface area contributed by atoms with Crippen molar-refractivity contribution in [2.75, 3.05) is 6.54 Å². The van der Waals surface area contributed by atoms with E-state index in [0.717, 1.165) is 24.2 Å². The summed E-state index contributed by atoms with van der Waals surface area (Å²) in [5.41, 5.74) is 1.55. The van der Waals surface area contributed by atoms with Crippen LogP contribution in [0.25, 0.3) is 0 Å². The summed E-state index contributed by atoms with van der Waals surface area (Å²) in [6.45, 7) is 4.12. The highest BCUT2D eigenvalue weighted by Gasteiger charge is 2.35. The number of hydrogen-bond acceptors (Lipinski definition) is 4. The molecule has 25 heavy (non-hydrogen) atoms. The number of carbonyl (C=O) groups excluding carboxylic acids is 1. The van der Waals surface area contributed by atoms with Crippen molar-refractivity contribution in [2.24, 2.45) is 0 Å². The number of aryl methyl sites for hydroxylation is 2.